The van der Waals surface area contributed by atoms with Crippen LogP contribution < -0.4 is 15.4 Å². The topological polar surface area (TPSA) is 122 Å². The van der Waals surface area contributed by atoms with E-state index in [-0.39, 0.29) is 51.3 Å². The van der Waals surface area contributed by atoms with E-state index in [1.807, 2.05) is 6.92 Å². The molecule has 0 aliphatic heterocycles. The van der Waals surface area contributed by atoms with E-state index in [1.54, 1.807) is 0 Å². The van der Waals surface area contributed by atoms with Crippen molar-refractivity contribution in [2.45, 2.75) is 38.6 Å². The number of nitrogens with one attached hydrogen (secondary N) is 2. The molecule has 5 rings (SSSR count). The van der Waals surface area contributed by atoms with E-state index in [0.717, 1.165) is 31.7 Å². The van der Waals surface area contributed by atoms with Crippen molar-refractivity contribution in [1.29, 1.82) is 5.26 Å². The van der Waals surface area contributed by atoms with E-state index in [1.165, 1.54) is 41.7 Å². The summed E-state index contributed by atoms with van der Waals surface area (Å²) in [5, 5.41) is 19.5. The van der Waals surface area contributed by atoms with Crippen LogP contribution >= 0.6 is 0 Å². The normalized spacial score (nSPS) is 19.8. The fourth-order valence-corrected chi connectivity index (χ4v) is 4.67. The fraction of sp³-hybridized carbons (Fsp3) is 0.375. The number of methoxy groups -OCH3 is 1. The van der Waals surface area contributed by atoms with Crippen LogP contribution in [0, 0.1) is 28.4 Å². The first-order valence-corrected chi connectivity index (χ1v) is 11.5. The number of carbonyl (C=O) groups excluding carboxylic acids is 1. The van der Waals surface area contributed by atoms with Crippen molar-refractivity contribution < 1.29 is 18.3 Å². The summed E-state index contributed by atoms with van der Waals surface area (Å²) in [5.74, 6) is -1.49. The molecule has 4 aromatic heterocycles. The number of aromatic nitrogens is 5. The number of nitriles is 1. The van der Waals surface area contributed by atoms with Crippen LogP contribution in [0.4, 0.5) is 14.7 Å². The zero-order valence-electron chi connectivity index (χ0n) is 20.0. The van der Waals surface area contributed by atoms with E-state index < -0.39 is 17.5 Å². The molecule has 0 spiro atoms. The van der Waals surface area contributed by atoms with Gasteiger partial charge in [0.05, 0.1) is 36.6 Å². The molecule has 4 heterocycles. The van der Waals surface area contributed by atoms with E-state index in [4.69, 9.17) is 4.74 Å². The molecule has 0 saturated heterocycles. The first-order valence-electron chi connectivity index (χ1n) is 11.5. The molecule has 0 unspecified atom stereocenters. The maximum absolute atomic E-state index is 15.3. The summed E-state index contributed by atoms with van der Waals surface area (Å²) < 4.78 is 38.2. The number of hydrogen-bond acceptors (Lipinski definition) is 7. The summed E-state index contributed by atoms with van der Waals surface area (Å²) in [6, 6.07) is 3.59. The van der Waals surface area contributed by atoms with Crippen molar-refractivity contribution in [2.75, 3.05) is 19.5 Å². The van der Waals surface area contributed by atoms with Crippen LogP contribution in [0.3, 0.4) is 0 Å². The van der Waals surface area contributed by atoms with Gasteiger partial charge in [0.15, 0.2) is 17.3 Å². The number of anilines is 1. The second-order valence-corrected chi connectivity index (χ2v) is 9.17. The van der Waals surface area contributed by atoms with Crippen LogP contribution in [0.25, 0.3) is 22.3 Å². The number of imidazole rings is 1. The third-order valence-corrected chi connectivity index (χ3v) is 6.75. The number of hydrogen-bond donors (Lipinski definition) is 2. The lowest BCUT2D eigenvalue weighted by molar-refractivity contribution is 0.0957. The number of pyridine rings is 1. The smallest absolute Gasteiger partial charge is 0.269 e. The molecule has 186 valence electrons. The zero-order chi connectivity index (χ0) is 25.6. The van der Waals surface area contributed by atoms with Crippen LogP contribution in [-0.4, -0.2) is 50.1 Å². The quantitative estimate of drug-likeness (QED) is 0.435. The molecule has 12 heteroatoms. The standard InChI is InChI=1S/C24H24F2N8O2/c1-24(12-27)6-4-14(5-7-24)30-23-31-22(36-3)19-18(16(26)11-34(19)32-23)13-8-15(25)20-29-9-17(21(35)28-2)33(20)10-13/h8-11,14H,4-7H2,1-3H3,(H,28,35)(H,30,32)/t14-,24-. The summed E-state index contributed by atoms with van der Waals surface area (Å²) in [6.45, 7) is 1.96. The predicted octanol–water partition coefficient (Wildman–Crippen LogP) is 3.57. The van der Waals surface area contributed by atoms with Crippen LogP contribution in [0.1, 0.15) is 43.1 Å². The molecule has 1 aliphatic carbocycles. The minimum atomic E-state index is -0.721. The first-order chi connectivity index (χ1) is 17.3. The highest BCUT2D eigenvalue weighted by molar-refractivity contribution is 5.93. The van der Waals surface area contributed by atoms with Gasteiger partial charge in [-0.1, -0.05) is 0 Å². The van der Waals surface area contributed by atoms with Gasteiger partial charge in [-0.25, -0.2) is 18.3 Å². The highest BCUT2D eigenvalue weighted by Gasteiger charge is 2.31. The average molecular weight is 495 g/mol. The predicted molar refractivity (Wildman–Crippen MR) is 127 cm³/mol. The number of rotatable bonds is 5. The SMILES string of the molecule is CNC(=O)c1cnc2c(F)cc(-c3c(F)cn4nc(N[C@H]5CC[C@](C)(C#N)CC5)nc(OC)c34)cn12. The van der Waals surface area contributed by atoms with Gasteiger partial charge in [0.1, 0.15) is 11.2 Å². The summed E-state index contributed by atoms with van der Waals surface area (Å²) in [4.78, 5) is 20.6. The Bertz CT molecular complexity index is 1530. The molecule has 10 nitrogen and oxygen atoms in total. The third-order valence-electron chi connectivity index (χ3n) is 6.75. The summed E-state index contributed by atoms with van der Waals surface area (Å²) in [7, 11) is 2.86. The molecule has 0 atom stereocenters. The Morgan fingerprint density at radius 3 is 2.69 bits per heavy atom. The highest BCUT2D eigenvalue weighted by Crippen LogP contribution is 2.37. The summed E-state index contributed by atoms with van der Waals surface area (Å²) in [5.41, 5.74) is 0.110. The molecule has 0 radical (unpaired) electrons. The van der Waals surface area contributed by atoms with Crippen molar-refractivity contribution in [1.82, 2.24) is 29.3 Å². The largest absolute Gasteiger partial charge is 0.479 e. The Labute approximate surface area is 204 Å². The Kier molecular flexibility index (Phi) is 5.70. The molecular formula is C24H24F2N8O2. The summed E-state index contributed by atoms with van der Waals surface area (Å²) in [6.07, 6.45) is 6.92. The third kappa shape index (κ3) is 3.86. The van der Waals surface area contributed by atoms with E-state index in [9.17, 15) is 14.4 Å². The molecule has 4 aromatic rings. The fourth-order valence-electron chi connectivity index (χ4n) is 4.67. The molecular weight excluding hydrogens is 470 g/mol. The van der Waals surface area contributed by atoms with Gasteiger partial charge in [-0.2, -0.15) is 10.2 Å². The van der Waals surface area contributed by atoms with Crippen molar-refractivity contribution in [3.63, 3.8) is 0 Å². The number of halogens is 2. The summed E-state index contributed by atoms with van der Waals surface area (Å²) >= 11 is 0. The maximum Gasteiger partial charge on any atom is 0.269 e. The number of amides is 1. The number of ether oxygens (including phenoxy) is 1. The number of nitrogens with zero attached hydrogens (tertiary/aromatic N) is 6. The van der Waals surface area contributed by atoms with Crippen LogP contribution in [0.5, 0.6) is 5.88 Å². The van der Waals surface area contributed by atoms with Gasteiger partial charge in [-0.15, -0.1) is 5.10 Å². The maximum atomic E-state index is 15.3. The average Bonchev–Trinajstić information content (AvgIpc) is 3.45. The molecule has 1 fully saturated rings. The Morgan fingerprint density at radius 1 is 1.28 bits per heavy atom. The van der Waals surface area contributed by atoms with E-state index >= 15 is 4.39 Å². The lowest BCUT2D eigenvalue weighted by Gasteiger charge is -2.32. The lowest BCUT2D eigenvalue weighted by atomic mass is 9.75. The number of carbonyl (C=O) groups is 1. The van der Waals surface area contributed by atoms with Gasteiger partial charge in [-0.3, -0.25) is 9.20 Å². The Hall–Kier alpha value is -4.27. The zero-order valence-corrected chi connectivity index (χ0v) is 20.0. The Morgan fingerprint density at radius 2 is 2.03 bits per heavy atom. The van der Waals surface area contributed by atoms with Gasteiger partial charge in [0.25, 0.3) is 5.91 Å². The molecule has 2 N–H and O–H groups in total. The number of fused-ring (bicyclic) bond motifs is 2. The Balaban J connectivity index is 1.56. The van der Waals surface area contributed by atoms with Crippen molar-refractivity contribution in [2.24, 2.45) is 5.41 Å². The van der Waals surface area contributed by atoms with Gasteiger partial charge in [-0.05, 0) is 38.7 Å². The van der Waals surface area contributed by atoms with Crippen molar-refractivity contribution in [3.8, 4) is 23.1 Å². The second-order valence-electron chi connectivity index (χ2n) is 9.17. The van der Waals surface area contributed by atoms with Crippen molar-refractivity contribution >= 4 is 23.0 Å². The first kappa shape index (κ1) is 23.5. The molecule has 1 aliphatic rings. The second kappa shape index (κ2) is 8.75. The molecule has 0 aromatic carbocycles. The van der Waals surface area contributed by atoms with Gasteiger partial charge >= 0.3 is 0 Å². The minimum absolute atomic E-state index is 0.0261. The monoisotopic (exact) mass is 494 g/mol. The van der Waals surface area contributed by atoms with Crippen LogP contribution in [-0.2, 0) is 0 Å². The molecule has 1 saturated carbocycles. The van der Waals surface area contributed by atoms with Gasteiger partial charge in [0, 0.05) is 24.8 Å². The van der Waals surface area contributed by atoms with Crippen LogP contribution in [0.2, 0.25) is 0 Å². The van der Waals surface area contributed by atoms with Crippen LogP contribution in [0.15, 0.2) is 24.7 Å². The van der Waals surface area contributed by atoms with Crippen molar-refractivity contribution in [3.05, 3.63) is 42.0 Å². The highest BCUT2D eigenvalue weighted by atomic mass is 19.1. The van der Waals surface area contributed by atoms with E-state index in [2.05, 4.69) is 31.8 Å². The molecule has 36 heavy (non-hydrogen) atoms. The lowest BCUT2D eigenvalue weighted by Crippen LogP contribution is -2.31. The van der Waals surface area contributed by atoms with Gasteiger partial charge in [0.2, 0.25) is 11.8 Å². The minimum Gasteiger partial charge on any atom is -0.479 e. The van der Waals surface area contributed by atoms with Gasteiger partial charge < -0.3 is 15.4 Å². The molecule has 0 bridgehead atoms. The van der Waals surface area contributed by atoms with E-state index in [0.29, 0.717) is 0 Å². The molecule has 1 amide bonds.